The highest BCUT2D eigenvalue weighted by molar-refractivity contribution is 5.98. The lowest BCUT2D eigenvalue weighted by atomic mass is 10.1. The molecule has 7 nitrogen and oxygen atoms in total. The zero-order chi connectivity index (χ0) is 18.8. The molecule has 0 aliphatic heterocycles. The lowest BCUT2D eigenvalue weighted by molar-refractivity contribution is -0.390. The van der Waals surface area contributed by atoms with Gasteiger partial charge in [0.05, 0.1) is 0 Å². The number of pyridine rings is 1. The minimum absolute atomic E-state index is 0.0771. The fraction of sp³-hybridized carbons (Fsp3) is 0.333. The van der Waals surface area contributed by atoms with Crippen molar-refractivity contribution in [3.05, 3.63) is 51.5 Å². The highest BCUT2D eigenvalue weighted by atomic mass is 19.4. The average molecular weight is 357 g/mol. The van der Waals surface area contributed by atoms with E-state index in [1.807, 2.05) is 0 Å². The molecule has 0 radical (unpaired) electrons. The van der Waals surface area contributed by atoms with Crippen molar-refractivity contribution in [2.45, 2.75) is 26.6 Å². The summed E-state index contributed by atoms with van der Waals surface area (Å²) in [4.78, 5) is 25.9. The van der Waals surface area contributed by atoms with Gasteiger partial charge in [0, 0.05) is 17.0 Å². The summed E-state index contributed by atoms with van der Waals surface area (Å²) in [6.07, 6.45) is -3.21. The van der Waals surface area contributed by atoms with Gasteiger partial charge >= 0.3 is 12.0 Å². The minimum Gasteiger partial charge on any atom is -0.477 e. The SMILES string of the molecule is Cc1cc(C(=O)COc2cccnc2[N+](=O)[O-])c(C)n1CC(F)(F)F. The normalized spacial score (nSPS) is 11.4. The van der Waals surface area contributed by atoms with Gasteiger partial charge in [-0.05, 0) is 42.0 Å². The Morgan fingerprint density at radius 1 is 1.40 bits per heavy atom. The van der Waals surface area contributed by atoms with Crippen LogP contribution in [-0.4, -0.2) is 33.0 Å². The van der Waals surface area contributed by atoms with Gasteiger partial charge in [0.1, 0.15) is 12.7 Å². The Kier molecular flexibility index (Phi) is 5.10. The van der Waals surface area contributed by atoms with Gasteiger partial charge in [-0.3, -0.25) is 4.79 Å². The maximum atomic E-state index is 12.6. The molecular formula is C15H14F3N3O4. The van der Waals surface area contributed by atoms with Crippen molar-refractivity contribution in [2.75, 3.05) is 6.61 Å². The van der Waals surface area contributed by atoms with Crippen LogP contribution in [-0.2, 0) is 6.54 Å². The van der Waals surface area contributed by atoms with Gasteiger partial charge in [0.15, 0.2) is 6.61 Å². The van der Waals surface area contributed by atoms with E-state index in [1.165, 1.54) is 38.2 Å². The van der Waals surface area contributed by atoms with Gasteiger partial charge in [-0.25, -0.2) is 0 Å². The van der Waals surface area contributed by atoms with E-state index in [0.29, 0.717) is 0 Å². The number of hydrogen-bond acceptors (Lipinski definition) is 5. The van der Waals surface area contributed by atoms with Crippen molar-refractivity contribution in [1.82, 2.24) is 9.55 Å². The molecule has 10 heteroatoms. The zero-order valence-electron chi connectivity index (χ0n) is 13.3. The van der Waals surface area contributed by atoms with Gasteiger partial charge in [-0.2, -0.15) is 13.2 Å². The predicted octanol–water partition coefficient (Wildman–Crippen LogP) is 3.23. The van der Waals surface area contributed by atoms with Crippen molar-refractivity contribution in [1.29, 1.82) is 0 Å². The summed E-state index contributed by atoms with van der Waals surface area (Å²) in [5.41, 5.74) is 0.517. The number of halogens is 3. The van der Waals surface area contributed by atoms with Gasteiger partial charge in [0.2, 0.25) is 11.5 Å². The summed E-state index contributed by atoms with van der Waals surface area (Å²) in [6, 6.07) is 4.03. The Labute approximate surface area is 140 Å². The first-order chi connectivity index (χ1) is 11.6. The monoisotopic (exact) mass is 357 g/mol. The molecule has 0 unspecified atom stereocenters. The first-order valence-corrected chi connectivity index (χ1v) is 7.09. The number of aromatic nitrogens is 2. The van der Waals surface area contributed by atoms with Crippen LogP contribution in [0.4, 0.5) is 19.0 Å². The van der Waals surface area contributed by atoms with Gasteiger partial charge in [-0.1, -0.05) is 0 Å². The molecule has 2 heterocycles. The molecule has 0 amide bonds. The zero-order valence-corrected chi connectivity index (χ0v) is 13.3. The molecule has 0 spiro atoms. The number of nitrogens with zero attached hydrogens (tertiary/aromatic N) is 3. The van der Waals surface area contributed by atoms with Crippen LogP contribution in [0.15, 0.2) is 24.4 Å². The second-order valence-electron chi connectivity index (χ2n) is 5.28. The third-order valence-electron chi connectivity index (χ3n) is 3.49. The Morgan fingerprint density at radius 3 is 2.68 bits per heavy atom. The molecule has 0 N–H and O–H groups in total. The number of carbonyl (C=O) groups excluding carboxylic acids is 1. The van der Waals surface area contributed by atoms with Crippen LogP contribution in [0.25, 0.3) is 0 Å². The molecule has 0 fully saturated rings. The van der Waals surface area contributed by atoms with Crippen LogP contribution >= 0.6 is 0 Å². The number of ether oxygens (including phenoxy) is 1. The van der Waals surface area contributed by atoms with E-state index in [2.05, 4.69) is 4.98 Å². The Morgan fingerprint density at radius 2 is 2.08 bits per heavy atom. The second kappa shape index (κ2) is 6.91. The largest absolute Gasteiger partial charge is 0.477 e. The standard InChI is InChI=1S/C15H14F3N3O4/c1-9-6-11(10(2)20(9)8-15(16,17)18)12(22)7-25-13-4-3-5-19-14(13)21(23)24/h3-6H,7-8H2,1-2H3. The molecule has 0 bridgehead atoms. The highest BCUT2D eigenvalue weighted by Gasteiger charge is 2.30. The van der Waals surface area contributed by atoms with Crippen LogP contribution in [0.5, 0.6) is 5.75 Å². The number of ketones is 1. The Balaban J connectivity index is 2.17. The fourth-order valence-corrected chi connectivity index (χ4v) is 2.36. The van der Waals surface area contributed by atoms with Crippen molar-refractivity contribution in [3.63, 3.8) is 0 Å². The molecule has 0 aromatic carbocycles. The van der Waals surface area contributed by atoms with E-state index in [1.54, 1.807) is 0 Å². The van der Waals surface area contributed by atoms with Crippen LogP contribution in [0.1, 0.15) is 21.7 Å². The third-order valence-corrected chi connectivity index (χ3v) is 3.49. The summed E-state index contributed by atoms with van der Waals surface area (Å²) in [6.45, 7) is 1.11. The number of hydrogen-bond donors (Lipinski definition) is 0. The van der Waals surface area contributed by atoms with Crippen molar-refractivity contribution in [3.8, 4) is 5.75 Å². The average Bonchev–Trinajstić information content (AvgIpc) is 2.79. The van der Waals surface area contributed by atoms with Gasteiger partial charge < -0.3 is 19.4 Å². The summed E-state index contributed by atoms with van der Waals surface area (Å²) < 4.78 is 43.9. The topological polar surface area (TPSA) is 87.3 Å². The van der Waals surface area contributed by atoms with Crippen LogP contribution in [0, 0.1) is 24.0 Å². The first-order valence-electron chi connectivity index (χ1n) is 7.09. The molecular weight excluding hydrogens is 343 g/mol. The number of nitro groups is 1. The quantitative estimate of drug-likeness (QED) is 0.450. The summed E-state index contributed by atoms with van der Waals surface area (Å²) >= 11 is 0. The van der Waals surface area contributed by atoms with Crippen LogP contribution in [0.2, 0.25) is 0 Å². The Bertz CT molecular complexity index is 815. The summed E-state index contributed by atoms with van der Waals surface area (Å²) in [5.74, 6) is -1.32. The molecule has 2 rings (SSSR count). The fourth-order valence-electron chi connectivity index (χ4n) is 2.36. The molecule has 0 saturated heterocycles. The number of rotatable bonds is 6. The molecule has 25 heavy (non-hydrogen) atoms. The highest BCUT2D eigenvalue weighted by Crippen LogP contribution is 2.25. The molecule has 0 aliphatic carbocycles. The molecule has 2 aromatic rings. The van der Waals surface area contributed by atoms with E-state index >= 15 is 0 Å². The predicted molar refractivity (Wildman–Crippen MR) is 80.7 cm³/mol. The van der Waals surface area contributed by atoms with Crippen LogP contribution in [0.3, 0.4) is 0 Å². The van der Waals surface area contributed by atoms with E-state index in [4.69, 9.17) is 4.74 Å². The smallest absolute Gasteiger partial charge is 0.406 e. The first kappa shape index (κ1) is 18.4. The van der Waals surface area contributed by atoms with Gasteiger partial charge in [-0.15, -0.1) is 0 Å². The van der Waals surface area contributed by atoms with E-state index in [-0.39, 0.29) is 22.7 Å². The molecule has 134 valence electrons. The van der Waals surface area contributed by atoms with E-state index in [0.717, 1.165) is 4.57 Å². The lowest BCUT2D eigenvalue weighted by Gasteiger charge is -2.12. The Hall–Kier alpha value is -2.91. The summed E-state index contributed by atoms with van der Waals surface area (Å²) in [7, 11) is 0. The number of alkyl halides is 3. The van der Waals surface area contributed by atoms with E-state index < -0.39 is 35.9 Å². The molecule has 2 aromatic heterocycles. The minimum atomic E-state index is -4.42. The van der Waals surface area contributed by atoms with Crippen molar-refractivity contribution in [2.24, 2.45) is 0 Å². The van der Waals surface area contributed by atoms with Crippen LogP contribution < -0.4 is 4.74 Å². The molecule has 0 aliphatic rings. The number of carbonyl (C=O) groups is 1. The van der Waals surface area contributed by atoms with Crippen molar-refractivity contribution < 1.29 is 27.6 Å². The second-order valence-corrected chi connectivity index (χ2v) is 5.28. The number of Topliss-reactive ketones (excluding diaryl/α,β-unsaturated/α-hetero) is 1. The van der Waals surface area contributed by atoms with Crippen molar-refractivity contribution >= 4 is 11.6 Å². The number of aryl methyl sites for hydroxylation is 1. The van der Waals surface area contributed by atoms with Gasteiger partial charge in [0.25, 0.3) is 0 Å². The molecule has 0 saturated carbocycles. The van der Waals surface area contributed by atoms with E-state index in [9.17, 15) is 28.1 Å². The lowest BCUT2D eigenvalue weighted by Crippen LogP contribution is -2.20. The molecule has 0 atom stereocenters. The summed E-state index contributed by atoms with van der Waals surface area (Å²) in [5, 5.41) is 10.8. The third kappa shape index (κ3) is 4.34. The maximum Gasteiger partial charge on any atom is 0.406 e. The maximum absolute atomic E-state index is 12.6.